The van der Waals surface area contributed by atoms with E-state index in [4.69, 9.17) is 33.9 Å². The summed E-state index contributed by atoms with van der Waals surface area (Å²) in [4.78, 5) is 23.5. The van der Waals surface area contributed by atoms with Crippen LogP contribution in [0.15, 0.2) is 91.0 Å². The van der Waals surface area contributed by atoms with Crippen LogP contribution in [0.3, 0.4) is 0 Å². The van der Waals surface area contributed by atoms with E-state index in [1.54, 1.807) is 0 Å². The summed E-state index contributed by atoms with van der Waals surface area (Å²) in [6, 6.07) is 19.8. The number of benzene rings is 3. The van der Waals surface area contributed by atoms with Crippen LogP contribution in [0.5, 0.6) is 17.2 Å². The smallest absolute Gasteiger partial charge is 0.389 e. The largest absolute Gasteiger partial charge is 0.489 e. The van der Waals surface area contributed by atoms with Crippen molar-refractivity contribution < 1.29 is 56.7 Å². The summed E-state index contributed by atoms with van der Waals surface area (Å²) in [5.41, 5.74) is 3.45. The number of ether oxygens (including phenoxy) is 5. The van der Waals surface area contributed by atoms with Gasteiger partial charge in [0.05, 0.1) is 24.4 Å². The Labute approximate surface area is 264 Å². The Morgan fingerprint density at radius 1 is 0.652 bits per heavy atom. The molecule has 2 N–H and O–H groups in total. The molecular formula is C34H35F3O9. The molecule has 0 aliphatic carbocycles. The number of rotatable bonds is 18. The van der Waals surface area contributed by atoms with Gasteiger partial charge in [-0.15, -0.1) is 0 Å². The number of halogens is 3. The number of unbranched alkanes of at least 4 members (excludes halogenated alkanes) is 1. The minimum Gasteiger partial charge on any atom is -0.489 e. The molecule has 246 valence electrons. The molecule has 3 aromatic rings. The second-order valence-corrected chi connectivity index (χ2v) is 10.1. The topological polar surface area (TPSA) is 121 Å². The van der Waals surface area contributed by atoms with E-state index in [0.29, 0.717) is 18.6 Å². The Hall–Kier alpha value is -4.81. The molecule has 0 amide bonds. The highest BCUT2D eigenvalue weighted by Gasteiger charge is 2.25. The minimum atomic E-state index is -4.12. The van der Waals surface area contributed by atoms with Crippen molar-refractivity contribution in [1.82, 2.24) is 0 Å². The summed E-state index contributed by atoms with van der Waals surface area (Å²) < 4.78 is 63.7. The molecule has 9 nitrogen and oxygen atoms in total. The Bertz CT molecular complexity index is 1410. The van der Waals surface area contributed by atoms with Crippen LogP contribution < -0.4 is 14.2 Å². The monoisotopic (exact) mass is 644 g/mol. The van der Waals surface area contributed by atoms with Crippen molar-refractivity contribution in [3.63, 3.8) is 0 Å². The summed E-state index contributed by atoms with van der Waals surface area (Å²) in [7, 11) is 0. The van der Waals surface area contributed by atoms with Crippen LogP contribution in [0.1, 0.15) is 30.4 Å². The van der Waals surface area contributed by atoms with Gasteiger partial charge in [0.2, 0.25) is 13.6 Å². The second-order valence-electron chi connectivity index (χ2n) is 10.1. The lowest BCUT2D eigenvalue weighted by Crippen LogP contribution is -2.14. The number of carbonyl (C=O) groups is 2. The number of esters is 2. The number of aryl methyl sites for hydroxylation is 1. The number of aliphatic hydroxyl groups is 2. The predicted molar refractivity (Wildman–Crippen MR) is 162 cm³/mol. The molecule has 0 spiro atoms. The van der Waals surface area contributed by atoms with Gasteiger partial charge in [0, 0.05) is 24.6 Å². The molecule has 0 saturated carbocycles. The molecule has 0 saturated heterocycles. The van der Waals surface area contributed by atoms with Crippen molar-refractivity contribution in [3.05, 3.63) is 102 Å². The van der Waals surface area contributed by atoms with Gasteiger partial charge in [-0.2, -0.15) is 13.2 Å². The quantitative estimate of drug-likeness (QED) is 0.0737. The van der Waals surface area contributed by atoms with Crippen molar-refractivity contribution in [1.29, 1.82) is 0 Å². The SMILES string of the molecule is C=C(CO)C(=O)OCOc1cc(OCOC(=O)C(=C)CO)cc(OCc2ccc(-c3ccc(CCCCC(F)(F)F)cc3)cc2)c1. The molecule has 0 radical (unpaired) electrons. The molecule has 3 aromatic carbocycles. The molecule has 0 heterocycles. The molecule has 12 heteroatoms. The number of alkyl halides is 3. The van der Waals surface area contributed by atoms with Crippen LogP contribution in [-0.4, -0.2) is 55.1 Å². The molecular weight excluding hydrogens is 609 g/mol. The summed E-state index contributed by atoms with van der Waals surface area (Å²) in [5.74, 6) is -0.955. The third kappa shape index (κ3) is 12.3. The maximum absolute atomic E-state index is 12.3. The first-order valence-corrected chi connectivity index (χ1v) is 14.2. The molecule has 0 aliphatic rings. The van der Waals surface area contributed by atoms with Crippen LogP contribution >= 0.6 is 0 Å². The number of aliphatic hydroxyl groups excluding tert-OH is 2. The van der Waals surface area contributed by atoms with E-state index in [9.17, 15) is 22.8 Å². The van der Waals surface area contributed by atoms with E-state index >= 15 is 0 Å². The van der Waals surface area contributed by atoms with Gasteiger partial charge >= 0.3 is 18.1 Å². The summed E-state index contributed by atoms with van der Waals surface area (Å²) in [5, 5.41) is 18.0. The maximum Gasteiger partial charge on any atom is 0.389 e. The van der Waals surface area contributed by atoms with Crippen LogP contribution in [0.4, 0.5) is 13.2 Å². The first-order chi connectivity index (χ1) is 22.0. The Balaban J connectivity index is 1.60. The average Bonchev–Trinajstić information content (AvgIpc) is 3.05. The van der Waals surface area contributed by atoms with E-state index in [1.807, 2.05) is 48.5 Å². The lowest BCUT2D eigenvalue weighted by molar-refractivity contribution is -0.146. The van der Waals surface area contributed by atoms with Gasteiger partial charge in [-0.1, -0.05) is 61.7 Å². The Morgan fingerprint density at radius 2 is 1.09 bits per heavy atom. The molecule has 46 heavy (non-hydrogen) atoms. The maximum atomic E-state index is 12.3. The fourth-order valence-corrected chi connectivity index (χ4v) is 3.91. The zero-order valence-corrected chi connectivity index (χ0v) is 25.0. The van der Waals surface area contributed by atoms with E-state index in [2.05, 4.69) is 13.2 Å². The van der Waals surface area contributed by atoms with E-state index < -0.39 is 51.3 Å². The Kier molecular flexibility index (Phi) is 13.7. The zero-order valence-electron chi connectivity index (χ0n) is 25.0. The molecule has 0 aromatic heterocycles. The normalized spacial score (nSPS) is 11.0. The third-order valence-corrected chi connectivity index (χ3v) is 6.47. The zero-order chi connectivity index (χ0) is 33.5. The Morgan fingerprint density at radius 3 is 1.52 bits per heavy atom. The van der Waals surface area contributed by atoms with Crippen molar-refractivity contribution in [3.8, 4) is 28.4 Å². The number of hydrogen-bond acceptors (Lipinski definition) is 9. The highest BCUT2D eigenvalue weighted by Crippen LogP contribution is 2.29. The number of carbonyl (C=O) groups excluding carboxylic acids is 2. The molecule has 0 atom stereocenters. The van der Waals surface area contributed by atoms with Gasteiger partial charge in [0.15, 0.2) is 0 Å². The molecule has 0 bridgehead atoms. The highest BCUT2D eigenvalue weighted by atomic mass is 19.4. The third-order valence-electron chi connectivity index (χ3n) is 6.47. The minimum absolute atomic E-state index is 0.106. The summed E-state index contributed by atoms with van der Waals surface area (Å²) in [6.45, 7) is 4.81. The van der Waals surface area contributed by atoms with Gasteiger partial charge in [-0.3, -0.25) is 0 Å². The molecule has 3 rings (SSSR count). The number of hydrogen-bond donors (Lipinski definition) is 2. The standard InChI is InChI=1S/C34H35F3O9/c1-23(18-38)32(40)45-21-43-30-15-29(16-31(17-30)44-22-46-33(41)24(2)19-39)42-20-26-8-12-28(13-9-26)27-10-6-25(7-11-27)5-3-4-14-34(35,36)37/h6-13,15-17,38-39H,1-5,14,18-22H2. The van der Waals surface area contributed by atoms with E-state index in [1.165, 1.54) is 18.2 Å². The fraction of sp³-hybridized carbons (Fsp3) is 0.294. The molecule has 0 unspecified atom stereocenters. The van der Waals surface area contributed by atoms with Gasteiger partial charge in [-0.25, -0.2) is 9.59 Å². The van der Waals surface area contributed by atoms with Crippen molar-refractivity contribution >= 4 is 11.9 Å². The molecule has 0 fully saturated rings. The van der Waals surface area contributed by atoms with E-state index in [0.717, 1.165) is 22.3 Å². The van der Waals surface area contributed by atoms with Gasteiger partial charge in [0.1, 0.15) is 23.9 Å². The summed E-state index contributed by atoms with van der Waals surface area (Å²) in [6.07, 6.45) is -3.73. The van der Waals surface area contributed by atoms with Crippen LogP contribution in [0, 0.1) is 0 Å². The fourth-order valence-electron chi connectivity index (χ4n) is 3.91. The first-order valence-electron chi connectivity index (χ1n) is 14.2. The first kappa shape index (κ1) is 35.7. The average molecular weight is 645 g/mol. The van der Waals surface area contributed by atoms with Crippen LogP contribution in [0.2, 0.25) is 0 Å². The van der Waals surface area contributed by atoms with E-state index in [-0.39, 0.29) is 35.7 Å². The van der Waals surface area contributed by atoms with Crippen molar-refractivity contribution in [2.75, 3.05) is 26.8 Å². The lowest BCUT2D eigenvalue weighted by Gasteiger charge is -2.14. The molecule has 0 aliphatic heterocycles. The van der Waals surface area contributed by atoms with Gasteiger partial charge in [-0.05, 0) is 41.5 Å². The summed E-state index contributed by atoms with van der Waals surface area (Å²) >= 11 is 0. The van der Waals surface area contributed by atoms with Crippen molar-refractivity contribution in [2.45, 2.75) is 38.5 Å². The van der Waals surface area contributed by atoms with Crippen LogP contribution in [0.25, 0.3) is 11.1 Å². The van der Waals surface area contributed by atoms with Crippen molar-refractivity contribution in [2.24, 2.45) is 0 Å². The second kappa shape index (κ2) is 17.6. The predicted octanol–water partition coefficient (Wildman–Crippen LogP) is 6.06. The van der Waals surface area contributed by atoms with Gasteiger partial charge in [0.25, 0.3) is 0 Å². The van der Waals surface area contributed by atoms with Gasteiger partial charge < -0.3 is 33.9 Å². The lowest BCUT2D eigenvalue weighted by atomic mass is 10.0. The highest BCUT2D eigenvalue weighted by molar-refractivity contribution is 5.88. The van der Waals surface area contributed by atoms with Crippen LogP contribution in [-0.2, 0) is 32.1 Å².